The lowest BCUT2D eigenvalue weighted by Gasteiger charge is -2.20. The second-order valence-electron chi connectivity index (χ2n) is 7.70. The third-order valence-electron chi connectivity index (χ3n) is 5.36. The van der Waals surface area contributed by atoms with E-state index in [0.29, 0.717) is 29.5 Å². The average Bonchev–Trinajstić information content (AvgIpc) is 3.05. The molecule has 1 aliphatic rings. The Bertz CT molecular complexity index is 1300. The van der Waals surface area contributed by atoms with Crippen molar-refractivity contribution in [2.75, 3.05) is 13.2 Å². The van der Waals surface area contributed by atoms with E-state index in [1.807, 2.05) is 30.3 Å². The number of nitrogens with zero attached hydrogens (tertiary/aromatic N) is 1. The number of carbonyl (C=O) groups is 1. The summed E-state index contributed by atoms with van der Waals surface area (Å²) in [5, 5.41) is 2.81. The number of hydrogen-bond donors (Lipinski definition) is 1. The van der Waals surface area contributed by atoms with Gasteiger partial charge in [0.25, 0.3) is 5.91 Å². The molecule has 0 aromatic heterocycles. The molecule has 10 heteroatoms. The maximum Gasteiger partial charge on any atom is 0.416 e. The fourth-order valence-electron chi connectivity index (χ4n) is 3.58. The number of nitrogens with one attached hydrogen (secondary N) is 1. The molecule has 1 N–H and O–H groups in total. The molecule has 3 aromatic carbocycles. The highest BCUT2D eigenvalue weighted by atomic mass is 32.2. The Morgan fingerprint density at radius 2 is 1.76 bits per heavy atom. The van der Waals surface area contributed by atoms with Crippen molar-refractivity contribution in [1.29, 1.82) is 0 Å². The number of alkyl halides is 3. The predicted octanol–water partition coefficient (Wildman–Crippen LogP) is 4.22. The van der Waals surface area contributed by atoms with Gasteiger partial charge >= 0.3 is 6.18 Å². The molecule has 0 aliphatic carbocycles. The number of hydrogen-bond acceptors (Lipinski definition) is 4. The summed E-state index contributed by atoms with van der Waals surface area (Å²) in [6, 6.07) is 17.7. The second-order valence-corrected chi connectivity index (χ2v) is 9.64. The second kappa shape index (κ2) is 9.47. The molecule has 0 spiro atoms. The van der Waals surface area contributed by atoms with Crippen molar-refractivity contribution in [2.45, 2.75) is 24.2 Å². The molecular formula is C24H21F3N2O4S. The summed E-state index contributed by atoms with van der Waals surface area (Å²) in [5.74, 6) is 0.0736. The van der Waals surface area contributed by atoms with Crippen LogP contribution in [-0.4, -0.2) is 31.8 Å². The lowest BCUT2D eigenvalue weighted by Crippen LogP contribution is -2.32. The number of carbonyl (C=O) groups excluding carboxylic acids is 1. The Labute approximate surface area is 195 Å². The zero-order valence-electron chi connectivity index (χ0n) is 17.9. The molecule has 0 unspecified atom stereocenters. The number of amides is 1. The van der Waals surface area contributed by atoms with Gasteiger partial charge in [-0.1, -0.05) is 36.4 Å². The van der Waals surface area contributed by atoms with E-state index in [4.69, 9.17) is 4.74 Å². The minimum absolute atomic E-state index is 0.0186. The van der Waals surface area contributed by atoms with Crippen molar-refractivity contribution in [3.8, 4) is 5.75 Å². The van der Waals surface area contributed by atoms with Crippen LogP contribution >= 0.6 is 0 Å². The average molecular weight is 491 g/mol. The number of halogens is 3. The van der Waals surface area contributed by atoms with E-state index in [1.54, 1.807) is 12.1 Å². The van der Waals surface area contributed by atoms with Crippen molar-refractivity contribution in [1.82, 2.24) is 9.62 Å². The smallest absolute Gasteiger partial charge is 0.416 e. The molecule has 34 heavy (non-hydrogen) atoms. The van der Waals surface area contributed by atoms with Gasteiger partial charge in [0.1, 0.15) is 12.4 Å². The monoisotopic (exact) mass is 490 g/mol. The van der Waals surface area contributed by atoms with Gasteiger partial charge < -0.3 is 10.1 Å². The summed E-state index contributed by atoms with van der Waals surface area (Å²) in [4.78, 5) is 12.2. The Balaban J connectivity index is 1.56. The van der Waals surface area contributed by atoms with Gasteiger partial charge in [0.05, 0.1) is 10.5 Å². The molecule has 0 saturated carbocycles. The van der Waals surface area contributed by atoms with Crippen LogP contribution in [0.25, 0.3) is 0 Å². The van der Waals surface area contributed by atoms with E-state index in [1.165, 1.54) is 6.07 Å². The molecule has 1 aliphatic heterocycles. The lowest BCUT2D eigenvalue weighted by atomic mass is 10.1. The fourth-order valence-corrected chi connectivity index (χ4v) is 5.03. The van der Waals surface area contributed by atoms with E-state index < -0.39 is 26.7 Å². The van der Waals surface area contributed by atoms with Crippen LogP contribution in [0.3, 0.4) is 0 Å². The van der Waals surface area contributed by atoms with Crippen LogP contribution in [0.15, 0.2) is 77.7 Å². The molecular weight excluding hydrogens is 469 g/mol. The summed E-state index contributed by atoms with van der Waals surface area (Å²) >= 11 is 0. The van der Waals surface area contributed by atoms with E-state index in [9.17, 15) is 26.4 Å². The number of fused-ring (bicyclic) bond motifs is 1. The first-order valence-corrected chi connectivity index (χ1v) is 11.8. The van der Waals surface area contributed by atoms with Crippen LogP contribution in [0.1, 0.15) is 27.0 Å². The summed E-state index contributed by atoms with van der Waals surface area (Å²) in [6.45, 7) is 0.143. The van der Waals surface area contributed by atoms with Gasteiger partial charge in [-0.3, -0.25) is 4.79 Å². The topological polar surface area (TPSA) is 75.7 Å². The minimum Gasteiger partial charge on any atom is -0.492 e. The SMILES string of the molecule is O=C(NCc1ccccc1)c1ccc2c(c1)CN(S(=O)(=O)c1cccc(C(F)(F)F)c1)CCO2. The lowest BCUT2D eigenvalue weighted by molar-refractivity contribution is -0.137. The van der Waals surface area contributed by atoms with Crippen LogP contribution in [0, 0.1) is 0 Å². The first-order valence-electron chi connectivity index (χ1n) is 10.4. The number of rotatable bonds is 5. The van der Waals surface area contributed by atoms with Gasteiger partial charge in [-0.15, -0.1) is 0 Å². The number of ether oxygens (including phenoxy) is 1. The Kier molecular flexibility index (Phi) is 6.63. The third kappa shape index (κ3) is 5.23. The Hall–Kier alpha value is -3.37. The Morgan fingerprint density at radius 3 is 2.50 bits per heavy atom. The van der Waals surface area contributed by atoms with Gasteiger partial charge in [0.2, 0.25) is 10.0 Å². The number of sulfonamides is 1. The molecule has 4 rings (SSSR count). The van der Waals surface area contributed by atoms with Gasteiger partial charge in [-0.25, -0.2) is 8.42 Å². The normalized spacial score (nSPS) is 14.6. The number of benzene rings is 3. The summed E-state index contributed by atoms with van der Waals surface area (Å²) in [7, 11) is -4.24. The van der Waals surface area contributed by atoms with Crippen LogP contribution < -0.4 is 10.1 Å². The van der Waals surface area contributed by atoms with Gasteiger partial charge in [0.15, 0.2) is 0 Å². The van der Waals surface area contributed by atoms with Crippen LogP contribution in [0.5, 0.6) is 5.75 Å². The van der Waals surface area contributed by atoms with Crippen molar-refractivity contribution < 1.29 is 31.1 Å². The van der Waals surface area contributed by atoms with Crippen molar-refractivity contribution in [2.24, 2.45) is 0 Å². The molecule has 1 heterocycles. The van der Waals surface area contributed by atoms with Crippen molar-refractivity contribution in [3.05, 3.63) is 95.1 Å². The largest absolute Gasteiger partial charge is 0.492 e. The van der Waals surface area contributed by atoms with E-state index in [2.05, 4.69) is 5.32 Å². The molecule has 0 bridgehead atoms. The molecule has 6 nitrogen and oxygen atoms in total. The van der Waals surface area contributed by atoms with Crippen molar-refractivity contribution in [3.63, 3.8) is 0 Å². The summed E-state index contributed by atoms with van der Waals surface area (Å²) in [6.07, 6.45) is -4.66. The molecule has 1 amide bonds. The molecule has 0 atom stereocenters. The Morgan fingerprint density at radius 1 is 1.00 bits per heavy atom. The maximum absolute atomic E-state index is 13.1. The molecule has 0 fully saturated rings. The van der Waals surface area contributed by atoms with E-state index in [-0.39, 0.29) is 25.6 Å². The van der Waals surface area contributed by atoms with E-state index in [0.717, 1.165) is 28.1 Å². The van der Waals surface area contributed by atoms with Gasteiger partial charge in [-0.2, -0.15) is 17.5 Å². The van der Waals surface area contributed by atoms with Gasteiger partial charge in [-0.05, 0) is 42.0 Å². The highest BCUT2D eigenvalue weighted by Crippen LogP contribution is 2.32. The maximum atomic E-state index is 13.1. The van der Waals surface area contributed by atoms with Crippen LogP contribution in [-0.2, 0) is 29.3 Å². The molecule has 0 saturated heterocycles. The standard InChI is InChI=1S/C24H21F3N2O4S/c25-24(26,27)20-7-4-8-21(14-20)34(31,32)29-11-12-33-22-10-9-18(13-19(22)16-29)23(30)28-15-17-5-2-1-3-6-17/h1-10,13-14H,11-12,15-16H2,(H,28,30). The zero-order valence-corrected chi connectivity index (χ0v) is 18.7. The minimum atomic E-state index is -4.66. The quantitative estimate of drug-likeness (QED) is 0.581. The van der Waals surface area contributed by atoms with Crippen LogP contribution in [0.2, 0.25) is 0 Å². The zero-order chi connectivity index (χ0) is 24.3. The first-order chi connectivity index (χ1) is 16.1. The van der Waals surface area contributed by atoms with Crippen molar-refractivity contribution >= 4 is 15.9 Å². The molecule has 178 valence electrons. The fraction of sp³-hybridized carbons (Fsp3) is 0.208. The summed E-state index contributed by atoms with van der Waals surface area (Å²) < 4.78 is 72.2. The van der Waals surface area contributed by atoms with E-state index >= 15 is 0 Å². The third-order valence-corrected chi connectivity index (χ3v) is 7.20. The summed E-state index contributed by atoms with van der Waals surface area (Å²) in [5.41, 5.74) is 0.640. The first kappa shape index (κ1) is 23.8. The van der Waals surface area contributed by atoms with Gasteiger partial charge in [0, 0.05) is 30.8 Å². The predicted molar refractivity (Wildman–Crippen MR) is 119 cm³/mol. The molecule has 0 radical (unpaired) electrons. The highest BCUT2D eigenvalue weighted by molar-refractivity contribution is 7.89. The highest BCUT2D eigenvalue weighted by Gasteiger charge is 2.34. The van der Waals surface area contributed by atoms with Crippen LogP contribution in [0.4, 0.5) is 13.2 Å². The molecule has 3 aromatic rings.